The van der Waals surface area contributed by atoms with Crippen molar-refractivity contribution in [1.29, 1.82) is 0 Å². The quantitative estimate of drug-likeness (QED) is 0.401. The molecular weight excluding hydrogens is 124 g/mol. The van der Waals surface area contributed by atoms with Crippen molar-refractivity contribution in [2.45, 2.75) is 13.8 Å². The zero-order valence-corrected chi connectivity index (χ0v) is 5.74. The molecule has 0 saturated carbocycles. The number of aliphatic hydroxyl groups is 2. The van der Waals surface area contributed by atoms with Crippen LogP contribution < -0.4 is 0 Å². The molecule has 0 saturated heterocycles. The lowest BCUT2D eigenvalue weighted by atomic mass is 10.9. The van der Waals surface area contributed by atoms with Gasteiger partial charge in [-0.15, -0.1) is 0 Å². The number of rotatable bonds is 0. The number of hydrogen-bond donors (Lipinski definition) is 3. The van der Waals surface area contributed by atoms with Gasteiger partial charge in [-0.05, 0) is 13.8 Å². The maximum Gasteiger partial charge on any atom is 0.290 e. The Bertz CT molecular complexity index is 28.1. The maximum absolute atomic E-state index is 8.36. The van der Waals surface area contributed by atoms with Gasteiger partial charge in [-0.3, -0.25) is 4.79 Å². The predicted octanol–water partition coefficient (Wildman–Crippen LogP) is -0.302. The van der Waals surface area contributed by atoms with Gasteiger partial charge >= 0.3 is 0 Å². The van der Waals surface area contributed by atoms with Gasteiger partial charge in [-0.2, -0.15) is 0 Å². The van der Waals surface area contributed by atoms with Crippen molar-refractivity contribution in [2.75, 3.05) is 13.2 Å². The Hall–Kier alpha value is -0.610. The van der Waals surface area contributed by atoms with Crippen molar-refractivity contribution in [2.24, 2.45) is 0 Å². The summed E-state index contributed by atoms with van der Waals surface area (Å²) in [7, 11) is 0. The third kappa shape index (κ3) is 577. The Kier molecular flexibility index (Phi) is 92.6. The van der Waals surface area contributed by atoms with Gasteiger partial charge in [0, 0.05) is 13.2 Å². The minimum absolute atomic E-state index is 0.250. The summed E-state index contributed by atoms with van der Waals surface area (Å²) < 4.78 is 0. The van der Waals surface area contributed by atoms with Crippen LogP contribution in [-0.4, -0.2) is 35.0 Å². The van der Waals surface area contributed by atoms with E-state index in [4.69, 9.17) is 20.1 Å². The normalized spacial score (nSPS) is 5.33. The van der Waals surface area contributed by atoms with Crippen molar-refractivity contribution in [3.8, 4) is 0 Å². The van der Waals surface area contributed by atoms with E-state index in [1.54, 1.807) is 13.8 Å². The van der Waals surface area contributed by atoms with E-state index in [-0.39, 0.29) is 19.7 Å². The zero-order chi connectivity index (χ0) is 8.12. The Labute approximate surface area is 54.8 Å². The Balaban J connectivity index is -0.0000000600. The lowest BCUT2D eigenvalue weighted by molar-refractivity contribution is -0.122. The van der Waals surface area contributed by atoms with Crippen molar-refractivity contribution >= 4 is 6.47 Å². The van der Waals surface area contributed by atoms with Gasteiger partial charge in [0.25, 0.3) is 6.47 Å². The molecule has 9 heavy (non-hydrogen) atoms. The highest BCUT2D eigenvalue weighted by Crippen LogP contribution is 1.30. The van der Waals surface area contributed by atoms with E-state index in [1.807, 2.05) is 0 Å². The first kappa shape index (κ1) is 15.8. The molecule has 0 spiro atoms. The van der Waals surface area contributed by atoms with Crippen molar-refractivity contribution < 1.29 is 20.1 Å². The van der Waals surface area contributed by atoms with Gasteiger partial charge in [0.2, 0.25) is 0 Å². The predicted molar refractivity (Wildman–Crippen MR) is 34.2 cm³/mol. The molecule has 0 aromatic heterocycles. The van der Waals surface area contributed by atoms with Gasteiger partial charge in [0.1, 0.15) is 0 Å². The van der Waals surface area contributed by atoms with E-state index >= 15 is 0 Å². The molecule has 0 amide bonds. The summed E-state index contributed by atoms with van der Waals surface area (Å²) in [6.07, 6.45) is 0. The molecule has 0 aliphatic carbocycles. The van der Waals surface area contributed by atoms with Crippen LogP contribution in [0, 0.1) is 0 Å². The standard InChI is InChI=1S/2C2H6O.CH2O2/c2*1-2-3;2-1-3/h2*3H,2H2,1H3;1H,(H,2,3). The minimum Gasteiger partial charge on any atom is -0.483 e. The fraction of sp³-hybridized carbons (Fsp3) is 0.800. The van der Waals surface area contributed by atoms with E-state index in [2.05, 4.69) is 0 Å². The second kappa shape index (κ2) is 52.8. The summed E-state index contributed by atoms with van der Waals surface area (Å²) in [5.74, 6) is 0. The smallest absolute Gasteiger partial charge is 0.290 e. The summed E-state index contributed by atoms with van der Waals surface area (Å²) in [5, 5.41) is 22.0. The third-order valence-corrected chi connectivity index (χ3v) is 0. The highest BCUT2D eigenvalue weighted by atomic mass is 16.3. The van der Waals surface area contributed by atoms with Crippen LogP contribution in [0.4, 0.5) is 0 Å². The molecule has 0 unspecified atom stereocenters. The first-order valence-electron chi connectivity index (χ1n) is 2.54. The van der Waals surface area contributed by atoms with Crippen LogP contribution in [0.1, 0.15) is 13.8 Å². The Morgan fingerprint density at radius 2 is 1.22 bits per heavy atom. The number of carbonyl (C=O) groups is 1. The average Bonchev–Trinajstić information content (AvgIpc) is 1.70. The summed E-state index contributed by atoms with van der Waals surface area (Å²) in [6.45, 7) is 3.61. The fourth-order valence-electron chi connectivity index (χ4n) is 0. The molecule has 0 bridgehead atoms. The largest absolute Gasteiger partial charge is 0.483 e. The molecule has 0 heterocycles. The summed E-state index contributed by atoms with van der Waals surface area (Å²) in [4.78, 5) is 8.36. The molecule has 0 aliphatic heterocycles. The molecule has 0 fully saturated rings. The second-order valence-electron chi connectivity index (χ2n) is 0.738. The number of hydrogen-bond acceptors (Lipinski definition) is 3. The van der Waals surface area contributed by atoms with Crippen LogP contribution in [-0.2, 0) is 4.79 Å². The van der Waals surface area contributed by atoms with Gasteiger partial charge in [-0.25, -0.2) is 0 Å². The first-order valence-corrected chi connectivity index (χ1v) is 2.54. The van der Waals surface area contributed by atoms with Crippen molar-refractivity contribution in [3.63, 3.8) is 0 Å². The molecule has 0 rings (SSSR count). The van der Waals surface area contributed by atoms with E-state index in [1.165, 1.54) is 0 Å². The minimum atomic E-state index is -0.250. The Morgan fingerprint density at radius 3 is 1.22 bits per heavy atom. The Morgan fingerprint density at radius 1 is 1.22 bits per heavy atom. The molecule has 0 aromatic carbocycles. The summed E-state index contributed by atoms with van der Waals surface area (Å²) in [6, 6.07) is 0. The maximum atomic E-state index is 8.36. The molecule has 0 radical (unpaired) electrons. The second-order valence-corrected chi connectivity index (χ2v) is 0.738. The monoisotopic (exact) mass is 138 g/mol. The van der Waals surface area contributed by atoms with E-state index in [0.717, 1.165) is 0 Å². The SMILES string of the molecule is CCO.CCO.O=CO. The summed E-state index contributed by atoms with van der Waals surface area (Å²) >= 11 is 0. The van der Waals surface area contributed by atoms with Crippen LogP contribution in [0.3, 0.4) is 0 Å². The highest BCUT2D eigenvalue weighted by Gasteiger charge is 1.34. The van der Waals surface area contributed by atoms with Crippen LogP contribution in [0.5, 0.6) is 0 Å². The molecule has 58 valence electrons. The van der Waals surface area contributed by atoms with Crippen LogP contribution >= 0.6 is 0 Å². The molecule has 4 nitrogen and oxygen atoms in total. The van der Waals surface area contributed by atoms with E-state index < -0.39 is 0 Å². The van der Waals surface area contributed by atoms with Crippen LogP contribution in [0.15, 0.2) is 0 Å². The van der Waals surface area contributed by atoms with E-state index in [9.17, 15) is 0 Å². The van der Waals surface area contributed by atoms with E-state index in [0.29, 0.717) is 0 Å². The van der Waals surface area contributed by atoms with Gasteiger partial charge in [0.05, 0.1) is 0 Å². The molecule has 0 aliphatic rings. The van der Waals surface area contributed by atoms with Gasteiger partial charge in [0.15, 0.2) is 0 Å². The molecule has 0 aromatic rings. The van der Waals surface area contributed by atoms with Crippen LogP contribution in [0.2, 0.25) is 0 Å². The fourth-order valence-corrected chi connectivity index (χ4v) is 0. The summed E-state index contributed by atoms with van der Waals surface area (Å²) in [5.41, 5.74) is 0. The lowest BCUT2D eigenvalue weighted by Crippen LogP contribution is -1.57. The third-order valence-electron chi connectivity index (χ3n) is 0. The topological polar surface area (TPSA) is 77.8 Å². The lowest BCUT2D eigenvalue weighted by Gasteiger charge is -1.52. The van der Waals surface area contributed by atoms with Crippen molar-refractivity contribution in [1.82, 2.24) is 0 Å². The number of carboxylic acid groups (broad SMARTS) is 1. The average molecular weight is 138 g/mol. The molecule has 4 heteroatoms. The molecule has 0 atom stereocenters. The van der Waals surface area contributed by atoms with Crippen LogP contribution in [0.25, 0.3) is 0 Å². The van der Waals surface area contributed by atoms with Crippen molar-refractivity contribution in [3.05, 3.63) is 0 Å². The first-order chi connectivity index (χ1) is 4.24. The molecular formula is C5H14O4. The number of aliphatic hydroxyl groups excluding tert-OH is 2. The molecule has 3 N–H and O–H groups in total. The van der Waals surface area contributed by atoms with Gasteiger partial charge < -0.3 is 15.3 Å². The van der Waals surface area contributed by atoms with Gasteiger partial charge in [-0.1, -0.05) is 0 Å². The zero-order valence-electron chi connectivity index (χ0n) is 5.74. The highest BCUT2D eigenvalue weighted by molar-refractivity contribution is 5.32.